The Morgan fingerprint density at radius 1 is 1.22 bits per heavy atom. The Balaban J connectivity index is 2.58. The standard InChI is InChI=1S/C15H24BrNO/c1-15(2,3)13-8-12(9-14(16)10-13)11-17-6-5-7-18-4/h8-10,17H,5-7,11H2,1-4H3. The molecule has 1 aromatic rings. The molecule has 0 fully saturated rings. The molecule has 0 aromatic heterocycles. The van der Waals surface area contributed by atoms with Crippen LogP contribution in [0.25, 0.3) is 0 Å². The second-order valence-electron chi connectivity index (χ2n) is 5.62. The molecule has 0 saturated carbocycles. The molecule has 0 spiro atoms. The Bertz CT molecular complexity index is 371. The first kappa shape index (κ1) is 15.7. The van der Waals surface area contributed by atoms with E-state index < -0.39 is 0 Å². The van der Waals surface area contributed by atoms with E-state index in [0.717, 1.165) is 30.6 Å². The van der Waals surface area contributed by atoms with Crippen molar-refractivity contribution in [2.45, 2.75) is 39.2 Å². The minimum absolute atomic E-state index is 0.189. The van der Waals surface area contributed by atoms with Crippen molar-refractivity contribution in [3.8, 4) is 0 Å². The molecule has 102 valence electrons. The molecular formula is C15H24BrNO. The maximum atomic E-state index is 5.03. The molecule has 0 bridgehead atoms. The average molecular weight is 314 g/mol. The molecule has 1 aromatic carbocycles. The van der Waals surface area contributed by atoms with Crippen LogP contribution in [0.15, 0.2) is 22.7 Å². The topological polar surface area (TPSA) is 21.3 Å². The molecular weight excluding hydrogens is 290 g/mol. The molecule has 0 heterocycles. The Hall–Kier alpha value is -0.380. The highest BCUT2D eigenvalue weighted by Gasteiger charge is 2.14. The zero-order valence-electron chi connectivity index (χ0n) is 11.8. The fourth-order valence-electron chi connectivity index (χ4n) is 1.76. The lowest BCUT2D eigenvalue weighted by atomic mass is 9.86. The predicted octanol–water partition coefficient (Wildman–Crippen LogP) is 3.87. The van der Waals surface area contributed by atoms with Crippen LogP contribution in [0.5, 0.6) is 0 Å². The van der Waals surface area contributed by atoms with Gasteiger partial charge in [-0.3, -0.25) is 0 Å². The van der Waals surface area contributed by atoms with Crippen molar-refractivity contribution in [1.82, 2.24) is 5.32 Å². The van der Waals surface area contributed by atoms with Crippen LogP contribution in [-0.4, -0.2) is 20.3 Å². The number of methoxy groups -OCH3 is 1. The third-order valence-corrected chi connectivity index (χ3v) is 3.31. The number of ether oxygens (including phenoxy) is 1. The quantitative estimate of drug-likeness (QED) is 0.805. The smallest absolute Gasteiger partial charge is 0.0474 e. The van der Waals surface area contributed by atoms with Gasteiger partial charge >= 0.3 is 0 Å². The van der Waals surface area contributed by atoms with Crippen LogP contribution in [-0.2, 0) is 16.7 Å². The van der Waals surface area contributed by atoms with Crippen LogP contribution < -0.4 is 5.32 Å². The van der Waals surface area contributed by atoms with Crippen molar-refractivity contribution in [2.24, 2.45) is 0 Å². The summed E-state index contributed by atoms with van der Waals surface area (Å²) in [7, 11) is 1.74. The maximum Gasteiger partial charge on any atom is 0.0474 e. The molecule has 1 N–H and O–H groups in total. The van der Waals surface area contributed by atoms with Gasteiger partial charge in [-0.25, -0.2) is 0 Å². The summed E-state index contributed by atoms with van der Waals surface area (Å²) in [6, 6.07) is 6.67. The van der Waals surface area contributed by atoms with E-state index in [2.05, 4.69) is 60.2 Å². The summed E-state index contributed by atoms with van der Waals surface area (Å²) in [6.45, 7) is 9.44. The summed E-state index contributed by atoms with van der Waals surface area (Å²) < 4.78 is 6.19. The number of benzene rings is 1. The zero-order valence-corrected chi connectivity index (χ0v) is 13.4. The zero-order chi connectivity index (χ0) is 13.6. The summed E-state index contributed by atoms with van der Waals surface area (Å²) in [6.07, 6.45) is 1.05. The highest BCUT2D eigenvalue weighted by molar-refractivity contribution is 9.10. The first-order chi connectivity index (χ1) is 8.43. The van der Waals surface area contributed by atoms with Gasteiger partial charge in [0.05, 0.1) is 0 Å². The van der Waals surface area contributed by atoms with Crippen molar-refractivity contribution in [3.63, 3.8) is 0 Å². The van der Waals surface area contributed by atoms with Gasteiger partial charge in [0.1, 0.15) is 0 Å². The largest absolute Gasteiger partial charge is 0.385 e. The van der Waals surface area contributed by atoms with E-state index in [1.165, 1.54) is 11.1 Å². The van der Waals surface area contributed by atoms with Gasteiger partial charge in [-0.1, -0.05) is 42.8 Å². The van der Waals surface area contributed by atoms with Crippen LogP contribution >= 0.6 is 15.9 Å². The summed E-state index contributed by atoms with van der Waals surface area (Å²) in [5.74, 6) is 0. The van der Waals surface area contributed by atoms with Crippen molar-refractivity contribution < 1.29 is 4.74 Å². The van der Waals surface area contributed by atoms with Crippen LogP contribution in [0.1, 0.15) is 38.3 Å². The lowest BCUT2D eigenvalue weighted by Gasteiger charge is -2.20. The Morgan fingerprint density at radius 2 is 1.94 bits per heavy atom. The second kappa shape index (κ2) is 7.27. The third-order valence-electron chi connectivity index (χ3n) is 2.85. The lowest BCUT2D eigenvalue weighted by Crippen LogP contribution is -2.17. The van der Waals surface area contributed by atoms with E-state index in [4.69, 9.17) is 4.74 Å². The number of rotatable bonds is 6. The first-order valence-corrected chi connectivity index (χ1v) is 7.22. The van der Waals surface area contributed by atoms with E-state index in [1.807, 2.05) is 0 Å². The Kier molecular flexibility index (Phi) is 6.33. The normalized spacial score (nSPS) is 11.8. The molecule has 2 nitrogen and oxygen atoms in total. The molecule has 0 radical (unpaired) electrons. The molecule has 3 heteroatoms. The fraction of sp³-hybridized carbons (Fsp3) is 0.600. The van der Waals surface area contributed by atoms with Crippen molar-refractivity contribution in [3.05, 3.63) is 33.8 Å². The molecule has 0 aliphatic heterocycles. The van der Waals surface area contributed by atoms with Crippen LogP contribution in [0, 0.1) is 0 Å². The van der Waals surface area contributed by atoms with Gasteiger partial charge in [-0.05, 0) is 41.6 Å². The van der Waals surface area contributed by atoms with Gasteiger partial charge < -0.3 is 10.1 Å². The SMILES string of the molecule is COCCCNCc1cc(Br)cc(C(C)(C)C)c1. The summed E-state index contributed by atoms with van der Waals surface area (Å²) in [4.78, 5) is 0. The van der Waals surface area contributed by atoms with Crippen molar-refractivity contribution >= 4 is 15.9 Å². The minimum atomic E-state index is 0.189. The maximum absolute atomic E-state index is 5.03. The van der Waals surface area contributed by atoms with Crippen molar-refractivity contribution in [1.29, 1.82) is 0 Å². The van der Waals surface area contributed by atoms with E-state index in [1.54, 1.807) is 7.11 Å². The Morgan fingerprint density at radius 3 is 2.56 bits per heavy atom. The van der Waals surface area contributed by atoms with Gasteiger partial charge in [0.25, 0.3) is 0 Å². The monoisotopic (exact) mass is 313 g/mol. The predicted molar refractivity (Wildman–Crippen MR) is 81.0 cm³/mol. The first-order valence-electron chi connectivity index (χ1n) is 6.43. The van der Waals surface area contributed by atoms with Gasteiger partial charge in [0.15, 0.2) is 0 Å². The number of halogens is 1. The number of hydrogen-bond donors (Lipinski definition) is 1. The van der Waals surface area contributed by atoms with E-state index in [-0.39, 0.29) is 5.41 Å². The second-order valence-corrected chi connectivity index (χ2v) is 6.54. The minimum Gasteiger partial charge on any atom is -0.385 e. The third kappa shape index (κ3) is 5.51. The molecule has 1 rings (SSSR count). The van der Waals surface area contributed by atoms with E-state index in [9.17, 15) is 0 Å². The van der Waals surface area contributed by atoms with Crippen LogP contribution in [0.4, 0.5) is 0 Å². The average Bonchev–Trinajstić information content (AvgIpc) is 2.27. The van der Waals surface area contributed by atoms with Crippen LogP contribution in [0.3, 0.4) is 0 Å². The van der Waals surface area contributed by atoms with Gasteiger partial charge in [0.2, 0.25) is 0 Å². The summed E-state index contributed by atoms with van der Waals surface area (Å²) >= 11 is 3.59. The van der Waals surface area contributed by atoms with Gasteiger partial charge in [-0.2, -0.15) is 0 Å². The molecule has 0 saturated heterocycles. The summed E-state index contributed by atoms with van der Waals surface area (Å²) in [5.41, 5.74) is 2.88. The Labute approximate surface area is 119 Å². The highest BCUT2D eigenvalue weighted by Crippen LogP contribution is 2.26. The molecule has 0 aliphatic rings. The molecule has 18 heavy (non-hydrogen) atoms. The van der Waals surface area contributed by atoms with Crippen molar-refractivity contribution in [2.75, 3.05) is 20.3 Å². The van der Waals surface area contributed by atoms with Gasteiger partial charge in [-0.15, -0.1) is 0 Å². The molecule has 0 unspecified atom stereocenters. The number of nitrogens with one attached hydrogen (secondary N) is 1. The van der Waals surface area contributed by atoms with Crippen LogP contribution in [0.2, 0.25) is 0 Å². The summed E-state index contributed by atoms with van der Waals surface area (Å²) in [5, 5.41) is 3.44. The molecule has 0 aliphatic carbocycles. The highest BCUT2D eigenvalue weighted by atomic mass is 79.9. The number of hydrogen-bond acceptors (Lipinski definition) is 2. The lowest BCUT2D eigenvalue weighted by molar-refractivity contribution is 0.194. The van der Waals surface area contributed by atoms with E-state index in [0.29, 0.717) is 0 Å². The molecule has 0 atom stereocenters. The van der Waals surface area contributed by atoms with E-state index >= 15 is 0 Å². The van der Waals surface area contributed by atoms with Gasteiger partial charge in [0, 0.05) is 24.7 Å². The fourth-order valence-corrected chi connectivity index (χ4v) is 2.30. The molecule has 0 amide bonds.